The predicted octanol–water partition coefficient (Wildman–Crippen LogP) is 4.24. The quantitative estimate of drug-likeness (QED) is 0.845. The molecule has 2 aromatic carbocycles. The van der Waals surface area contributed by atoms with Gasteiger partial charge in [-0.25, -0.2) is 4.39 Å². The molecule has 3 rings (SSSR count). The molecule has 6 heteroatoms. The highest BCUT2D eigenvalue weighted by molar-refractivity contribution is 8.18. The number of hydrogen-bond acceptors (Lipinski definition) is 4. The number of benzene rings is 2. The third-order valence-corrected chi connectivity index (χ3v) is 4.42. The molecule has 122 valence electrons. The summed E-state index contributed by atoms with van der Waals surface area (Å²) in [5, 5.41) is 2.71. The average Bonchev–Trinajstić information content (AvgIpc) is 2.81. The standard InChI is InChI=1S/C18H15FN2O2S/c1-12-5-7-15(8-6-12)20-11-21-17(22)16(24-18(21)23)10-13-3-2-4-14(19)9-13/h2-10,20H,11H2,1H3/b16-10+. The summed E-state index contributed by atoms with van der Waals surface area (Å²) in [6.45, 7) is 2.08. The lowest BCUT2D eigenvalue weighted by molar-refractivity contribution is -0.122. The predicted molar refractivity (Wildman–Crippen MR) is 93.9 cm³/mol. The van der Waals surface area contributed by atoms with Crippen molar-refractivity contribution in [3.05, 3.63) is 70.4 Å². The van der Waals surface area contributed by atoms with Crippen molar-refractivity contribution in [2.75, 3.05) is 12.0 Å². The van der Waals surface area contributed by atoms with E-state index in [4.69, 9.17) is 0 Å². The summed E-state index contributed by atoms with van der Waals surface area (Å²) in [6.07, 6.45) is 1.53. The van der Waals surface area contributed by atoms with Crippen LogP contribution in [0.2, 0.25) is 0 Å². The van der Waals surface area contributed by atoms with Gasteiger partial charge in [-0.3, -0.25) is 14.5 Å². The molecule has 0 saturated carbocycles. The zero-order chi connectivity index (χ0) is 17.1. The van der Waals surface area contributed by atoms with Gasteiger partial charge in [0.15, 0.2) is 0 Å². The normalized spacial score (nSPS) is 16.1. The maximum Gasteiger partial charge on any atom is 0.295 e. The van der Waals surface area contributed by atoms with Gasteiger partial charge < -0.3 is 5.32 Å². The molecule has 0 unspecified atom stereocenters. The number of halogens is 1. The van der Waals surface area contributed by atoms with Crippen molar-refractivity contribution in [2.45, 2.75) is 6.92 Å². The molecule has 0 atom stereocenters. The van der Waals surface area contributed by atoms with Crippen molar-refractivity contribution < 1.29 is 14.0 Å². The molecule has 0 radical (unpaired) electrons. The van der Waals surface area contributed by atoms with Gasteiger partial charge in [0, 0.05) is 5.69 Å². The summed E-state index contributed by atoms with van der Waals surface area (Å²) in [4.78, 5) is 25.8. The van der Waals surface area contributed by atoms with Crippen molar-refractivity contribution in [2.24, 2.45) is 0 Å². The largest absolute Gasteiger partial charge is 0.367 e. The highest BCUT2D eigenvalue weighted by Crippen LogP contribution is 2.32. The van der Waals surface area contributed by atoms with Crippen LogP contribution in [0, 0.1) is 12.7 Å². The Morgan fingerprint density at radius 2 is 1.92 bits per heavy atom. The Balaban J connectivity index is 1.71. The number of amides is 2. The average molecular weight is 342 g/mol. The van der Waals surface area contributed by atoms with Gasteiger partial charge in [-0.05, 0) is 54.6 Å². The Hall–Kier alpha value is -2.60. The molecule has 2 aromatic rings. The molecule has 1 saturated heterocycles. The summed E-state index contributed by atoms with van der Waals surface area (Å²) < 4.78 is 13.2. The van der Waals surface area contributed by atoms with Crippen molar-refractivity contribution in [3.63, 3.8) is 0 Å². The molecule has 1 aliphatic heterocycles. The smallest absolute Gasteiger partial charge is 0.295 e. The van der Waals surface area contributed by atoms with Crippen molar-refractivity contribution in [3.8, 4) is 0 Å². The molecular formula is C18H15FN2O2S. The number of nitrogens with zero attached hydrogens (tertiary/aromatic N) is 1. The number of imide groups is 1. The monoisotopic (exact) mass is 342 g/mol. The minimum Gasteiger partial charge on any atom is -0.367 e. The van der Waals surface area contributed by atoms with Crippen LogP contribution in [0.4, 0.5) is 14.9 Å². The SMILES string of the molecule is Cc1ccc(NCN2C(=O)S/C(=C/c3cccc(F)c3)C2=O)cc1. The molecule has 1 N–H and O–H groups in total. The van der Waals surface area contributed by atoms with Crippen LogP contribution >= 0.6 is 11.8 Å². The van der Waals surface area contributed by atoms with E-state index in [1.807, 2.05) is 31.2 Å². The molecule has 0 aliphatic carbocycles. The third-order valence-electron chi connectivity index (χ3n) is 3.51. The number of rotatable bonds is 4. The third kappa shape index (κ3) is 3.65. The highest BCUT2D eigenvalue weighted by Gasteiger charge is 2.34. The number of aryl methyl sites for hydroxylation is 1. The van der Waals surface area contributed by atoms with E-state index in [2.05, 4.69) is 5.32 Å². The Bertz CT molecular complexity index is 818. The molecule has 2 amide bonds. The fraction of sp³-hybridized carbons (Fsp3) is 0.111. The number of carbonyl (C=O) groups is 2. The molecule has 0 bridgehead atoms. The Kier molecular flexibility index (Phi) is 4.66. The molecular weight excluding hydrogens is 327 g/mol. The summed E-state index contributed by atoms with van der Waals surface area (Å²) in [7, 11) is 0. The van der Waals surface area contributed by atoms with Crippen molar-refractivity contribution in [1.29, 1.82) is 0 Å². The summed E-state index contributed by atoms with van der Waals surface area (Å²) in [5.41, 5.74) is 2.51. The van der Waals surface area contributed by atoms with Gasteiger partial charge in [0.05, 0.1) is 11.6 Å². The number of thioether (sulfide) groups is 1. The molecule has 0 spiro atoms. The minimum atomic E-state index is -0.385. The first-order valence-corrected chi connectivity index (χ1v) is 8.16. The Morgan fingerprint density at radius 3 is 2.62 bits per heavy atom. The van der Waals surface area contributed by atoms with Crippen LogP contribution in [0.25, 0.3) is 6.08 Å². The van der Waals surface area contributed by atoms with Crippen molar-refractivity contribution in [1.82, 2.24) is 4.90 Å². The van der Waals surface area contributed by atoms with Crippen LogP contribution in [0.5, 0.6) is 0 Å². The first-order chi connectivity index (χ1) is 11.5. The van der Waals surface area contributed by atoms with Gasteiger partial charge >= 0.3 is 0 Å². The molecule has 1 aliphatic rings. The maximum atomic E-state index is 13.2. The fourth-order valence-electron chi connectivity index (χ4n) is 2.23. The van der Waals surface area contributed by atoms with E-state index in [0.29, 0.717) is 5.56 Å². The van der Waals surface area contributed by atoms with E-state index in [0.717, 1.165) is 27.9 Å². The molecule has 4 nitrogen and oxygen atoms in total. The van der Waals surface area contributed by atoms with E-state index in [-0.39, 0.29) is 28.5 Å². The van der Waals surface area contributed by atoms with E-state index < -0.39 is 0 Å². The number of carbonyl (C=O) groups excluding carboxylic acids is 2. The number of anilines is 1. The van der Waals surface area contributed by atoms with Gasteiger partial charge in [-0.15, -0.1) is 0 Å². The lowest BCUT2D eigenvalue weighted by atomic mass is 10.2. The second-order valence-electron chi connectivity index (χ2n) is 5.37. The second kappa shape index (κ2) is 6.88. The van der Waals surface area contributed by atoms with Crippen LogP contribution in [0.3, 0.4) is 0 Å². The van der Waals surface area contributed by atoms with Gasteiger partial charge in [0.25, 0.3) is 11.1 Å². The van der Waals surface area contributed by atoms with E-state index >= 15 is 0 Å². The highest BCUT2D eigenvalue weighted by atomic mass is 32.2. The lowest BCUT2D eigenvalue weighted by Gasteiger charge is -2.14. The first kappa shape index (κ1) is 16.3. The number of nitrogens with one attached hydrogen (secondary N) is 1. The molecule has 24 heavy (non-hydrogen) atoms. The van der Waals surface area contributed by atoms with E-state index in [1.165, 1.54) is 18.2 Å². The molecule has 1 heterocycles. The number of hydrogen-bond donors (Lipinski definition) is 1. The van der Waals surface area contributed by atoms with Crippen LogP contribution in [0.1, 0.15) is 11.1 Å². The van der Waals surface area contributed by atoms with Crippen LogP contribution in [0.15, 0.2) is 53.4 Å². The van der Waals surface area contributed by atoms with Gasteiger partial charge in [-0.1, -0.05) is 29.8 Å². The van der Waals surface area contributed by atoms with Crippen LogP contribution in [-0.2, 0) is 4.79 Å². The van der Waals surface area contributed by atoms with Gasteiger partial charge in [-0.2, -0.15) is 0 Å². The van der Waals surface area contributed by atoms with E-state index in [1.54, 1.807) is 12.1 Å². The fourth-order valence-corrected chi connectivity index (χ4v) is 3.06. The summed E-state index contributed by atoms with van der Waals surface area (Å²) in [5.74, 6) is -0.766. The topological polar surface area (TPSA) is 49.4 Å². The van der Waals surface area contributed by atoms with Gasteiger partial charge in [0.1, 0.15) is 5.82 Å². The second-order valence-corrected chi connectivity index (χ2v) is 6.36. The summed E-state index contributed by atoms with van der Waals surface area (Å²) >= 11 is 0.856. The Morgan fingerprint density at radius 1 is 1.17 bits per heavy atom. The maximum absolute atomic E-state index is 13.2. The minimum absolute atomic E-state index is 0.0915. The first-order valence-electron chi connectivity index (χ1n) is 7.34. The van der Waals surface area contributed by atoms with Crippen LogP contribution in [-0.4, -0.2) is 22.7 Å². The molecule has 1 fully saturated rings. The molecule has 0 aromatic heterocycles. The van der Waals surface area contributed by atoms with E-state index in [9.17, 15) is 14.0 Å². The zero-order valence-electron chi connectivity index (χ0n) is 13.0. The van der Waals surface area contributed by atoms with Crippen LogP contribution < -0.4 is 5.32 Å². The zero-order valence-corrected chi connectivity index (χ0v) is 13.8. The summed E-state index contributed by atoms with van der Waals surface area (Å²) in [6, 6.07) is 13.5. The lowest BCUT2D eigenvalue weighted by Crippen LogP contribution is -2.33. The Labute approximate surface area is 143 Å². The van der Waals surface area contributed by atoms with Crippen molar-refractivity contribution >= 4 is 34.7 Å². The van der Waals surface area contributed by atoms with Gasteiger partial charge in [0.2, 0.25) is 0 Å².